The summed E-state index contributed by atoms with van der Waals surface area (Å²) in [5.74, 6) is -0.493. The van der Waals surface area contributed by atoms with Gasteiger partial charge in [-0.25, -0.2) is 4.39 Å². The second kappa shape index (κ2) is 5.36. The molecule has 0 radical (unpaired) electrons. The van der Waals surface area contributed by atoms with E-state index >= 15 is 0 Å². The van der Waals surface area contributed by atoms with Gasteiger partial charge in [0.2, 0.25) is 0 Å². The summed E-state index contributed by atoms with van der Waals surface area (Å²) in [4.78, 5) is 0. The predicted octanol–water partition coefficient (Wildman–Crippen LogP) is 2.66. The molecule has 1 aromatic rings. The number of rotatable bonds is 5. The summed E-state index contributed by atoms with van der Waals surface area (Å²) in [6.45, 7) is 0.863. The van der Waals surface area contributed by atoms with Gasteiger partial charge in [0.25, 0.3) is 0 Å². The largest absolute Gasteiger partial charge is 0.396 e. The summed E-state index contributed by atoms with van der Waals surface area (Å²) in [6, 6.07) is 6.48. The third-order valence-corrected chi connectivity index (χ3v) is 3.84. The molecule has 0 bridgehead atoms. The van der Waals surface area contributed by atoms with Gasteiger partial charge in [0.1, 0.15) is 17.4 Å². The van der Waals surface area contributed by atoms with Crippen molar-refractivity contribution in [2.75, 3.05) is 18.5 Å². The fourth-order valence-corrected chi connectivity index (χ4v) is 2.50. The number of halogens is 1. The highest BCUT2D eigenvalue weighted by molar-refractivity contribution is 5.58. The van der Waals surface area contributed by atoms with Crippen LogP contribution in [0.1, 0.15) is 31.2 Å². The van der Waals surface area contributed by atoms with E-state index in [1.807, 2.05) is 6.07 Å². The molecular formula is C14H17FN2O. The van der Waals surface area contributed by atoms with E-state index in [-0.39, 0.29) is 17.6 Å². The molecule has 0 aromatic heterocycles. The summed E-state index contributed by atoms with van der Waals surface area (Å²) < 4.78 is 13.4. The Balaban J connectivity index is 2.06. The van der Waals surface area contributed by atoms with Gasteiger partial charge in [0.05, 0.1) is 5.69 Å². The van der Waals surface area contributed by atoms with Gasteiger partial charge >= 0.3 is 0 Å². The molecule has 2 rings (SSSR count). The molecule has 2 N–H and O–H groups in total. The van der Waals surface area contributed by atoms with Gasteiger partial charge in [-0.3, -0.25) is 0 Å². The van der Waals surface area contributed by atoms with Crippen LogP contribution in [-0.4, -0.2) is 18.3 Å². The lowest BCUT2D eigenvalue weighted by atomic mass is 9.66. The van der Waals surface area contributed by atoms with E-state index in [4.69, 9.17) is 10.4 Å². The van der Waals surface area contributed by atoms with Crippen molar-refractivity contribution >= 4 is 5.69 Å². The number of benzene rings is 1. The van der Waals surface area contributed by atoms with Gasteiger partial charge in [-0.2, -0.15) is 5.26 Å². The van der Waals surface area contributed by atoms with E-state index < -0.39 is 5.82 Å². The van der Waals surface area contributed by atoms with Gasteiger partial charge in [0, 0.05) is 13.2 Å². The van der Waals surface area contributed by atoms with Crippen LogP contribution in [-0.2, 0) is 0 Å². The highest BCUT2D eigenvalue weighted by atomic mass is 19.1. The van der Waals surface area contributed by atoms with Gasteiger partial charge in [-0.05, 0) is 36.8 Å². The molecule has 1 aliphatic rings. The molecule has 96 valence electrons. The van der Waals surface area contributed by atoms with E-state index in [2.05, 4.69) is 5.32 Å². The first-order valence-electron chi connectivity index (χ1n) is 6.24. The Morgan fingerprint density at radius 3 is 2.78 bits per heavy atom. The van der Waals surface area contributed by atoms with Crippen LogP contribution in [0.3, 0.4) is 0 Å². The number of nitrogens with one attached hydrogen (secondary N) is 1. The minimum atomic E-state index is -0.493. The van der Waals surface area contributed by atoms with Gasteiger partial charge in [-0.1, -0.05) is 12.5 Å². The number of nitriles is 1. The maximum absolute atomic E-state index is 13.4. The van der Waals surface area contributed by atoms with Gasteiger partial charge in [0.15, 0.2) is 0 Å². The second-order valence-electron chi connectivity index (χ2n) is 4.95. The zero-order valence-corrected chi connectivity index (χ0v) is 10.2. The van der Waals surface area contributed by atoms with Crippen LogP contribution in [0, 0.1) is 22.6 Å². The number of aliphatic hydroxyl groups is 1. The Hall–Kier alpha value is -1.60. The Kier molecular flexibility index (Phi) is 3.83. The standard InChI is InChI=1S/C14H17FN2O/c15-12-3-1-4-13(11(12)9-16)17-10-14(7-8-18)5-2-6-14/h1,3-4,17-18H,2,5-8,10H2. The average Bonchev–Trinajstić information content (AvgIpc) is 2.32. The molecule has 4 heteroatoms. The summed E-state index contributed by atoms with van der Waals surface area (Å²) in [7, 11) is 0. The first-order chi connectivity index (χ1) is 8.71. The van der Waals surface area contributed by atoms with E-state index in [9.17, 15) is 4.39 Å². The van der Waals surface area contributed by atoms with Crippen molar-refractivity contribution in [1.82, 2.24) is 0 Å². The maximum Gasteiger partial charge on any atom is 0.143 e. The number of nitrogens with zero attached hydrogens (tertiary/aromatic N) is 1. The van der Waals surface area contributed by atoms with Crippen LogP contribution in [0.5, 0.6) is 0 Å². The molecule has 18 heavy (non-hydrogen) atoms. The Morgan fingerprint density at radius 2 is 2.22 bits per heavy atom. The molecule has 1 aliphatic carbocycles. The molecule has 0 heterocycles. The molecule has 1 aromatic carbocycles. The van der Waals surface area contributed by atoms with Gasteiger partial charge in [-0.15, -0.1) is 0 Å². The van der Waals surface area contributed by atoms with Crippen molar-refractivity contribution in [2.45, 2.75) is 25.7 Å². The first-order valence-corrected chi connectivity index (χ1v) is 6.24. The van der Waals surface area contributed by atoms with Crippen molar-refractivity contribution in [1.29, 1.82) is 5.26 Å². The van der Waals surface area contributed by atoms with E-state index in [0.29, 0.717) is 12.2 Å². The topological polar surface area (TPSA) is 56.0 Å². The van der Waals surface area contributed by atoms with E-state index in [1.54, 1.807) is 12.1 Å². The predicted molar refractivity (Wildman–Crippen MR) is 67.6 cm³/mol. The molecular weight excluding hydrogens is 231 g/mol. The third kappa shape index (κ3) is 2.46. The molecule has 0 atom stereocenters. The lowest BCUT2D eigenvalue weighted by Gasteiger charge is -2.42. The summed E-state index contributed by atoms with van der Waals surface area (Å²) in [6.07, 6.45) is 4.10. The fraction of sp³-hybridized carbons (Fsp3) is 0.500. The quantitative estimate of drug-likeness (QED) is 0.842. The SMILES string of the molecule is N#Cc1c(F)cccc1NCC1(CCO)CCC1. The van der Waals surface area contributed by atoms with Crippen LogP contribution in [0.2, 0.25) is 0 Å². The van der Waals surface area contributed by atoms with Crippen molar-refractivity contribution < 1.29 is 9.50 Å². The summed E-state index contributed by atoms with van der Waals surface area (Å²) in [5, 5.41) is 21.2. The second-order valence-corrected chi connectivity index (χ2v) is 4.95. The smallest absolute Gasteiger partial charge is 0.143 e. The molecule has 0 aliphatic heterocycles. The monoisotopic (exact) mass is 248 g/mol. The number of anilines is 1. The van der Waals surface area contributed by atoms with Crippen molar-refractivity contribution in [3.63, 3.8) is 0 Å². The molecule has 1 fully saturated rings. The van der Waals surface area contributed by atoms with Crippen LogP contribution >= 0.6 is 0 Å². The minimum absolute atomic E-state index is 0.0657. The molecule has 0 amide bonds. The summed E-state index contributed by atoms with van der Waals surface area (Å²) in [5.41, 5.74) is 0.728. The molecule has 1 saturated carbocycles. The van der Waals surface area contributed by atoms with Gasteiger partial charge < -0.3 is 10.4 Å². The number of hydrogen-bond acceptors (Lipinski definition) is 3. The van der Waals surface area contributed by atoms with Crippen molar-refractivity contribution in [3.8, 4) is 6.07 Å². The van der Waals surface area contributed by atoms with Crippen molar-refractivity contribution in [3.05, 3.63) is 29.6 Å². The number of aliphatic hydroxyl groups excluding tert-OH is 1. The Bertz CT molecular complexity index is 463. The zero-order chi connectivity index (χ0) is 13.0. The number of hydrogen-bond donors (Lipinski definition) is 2. The van der Waals surface area contributed by atoms with Crippen LogP contribution in [0.15, 0.2) is 18.2 Å². The first kappa shape index (κ1) is 12.8. The normalized spacial score (nSPS) is 16.7. The van der Waals surface area contributed by atoms with Crippen LogP contribution < -0.4 is 5.32 Å². The Labute approximate surface area is 106 Å². The minimum Gasteiger partial charge on any atom is -0.396 e. The average molecular weight is 248 g/mol. The lowest BCUT2D eigenvalue weighted by molar-refractivity contribution is 0.102. The Morgan fingerprint density at radius 1 is 1.44 bits per heavy atom. The van der Waals surface area contributed by atoms with E-state index in [1.165, 1.54) is 12.5 Å². The van der Waals surface area contributed by atoms with Crippen LogP contribution in [0.4, 0.5) is 10.1 Å². The lowest BCUT2D eigenvalue weighted by Crippen LogP contribution is -2.37. The maximum atomic E-state index is 13.4. The van der Waals surface area contributed by atoms with Crippen LogP contribution in [0.25, 0.3) is 0 Å². The molecule has 0 saturated heterocycles. The molecule has 0 unspecified atom stereocenters. The third-order valence-electron chi connectivity index (χ3n) is 3.84. The highest BCUT2D eigenvalue weighted by Gasteiger charge is 2.36. The molecule has 0 spiro atoms. The summed E-state index contributed by atoms with van der Waals surface area (Å²) >= 11 is 0. The fourth-order valence-electron chi connectivity index (χ4n) is 2.50. The van der Waals surface area contributed by atoms with E-state index in [0.717, 1.165) is 19.3 Å². The van der Waals surface area contributed by atoms with Crippen molar-refractivity contribution in [2.24, 2.45) is 5.41 Å². The molecule has 3 nitrogen and oxygen atoms in total. The highest BCUT2D eigenvalue weighted by Crippen LogP contribution is 2.43. The zero-order valence-electron chi connectivity index (χ0n) is 10.2.